The highest BCUT2D eigenvalue weighted by atomic mass is 19.2. The third-order valence-electron chi connectivity index (χ3n) is 3.94. The van der Waals surface area contributed by atoms with Gasteiger partial charge in [0, 0.05) is 12.6 Å². The number of oxime groups is 1. The number of hydrogen-bond donors (Lipinski definition) is 1. The Morgan fingerprint density at radius 1 is 1.08 bits per heavy atom. The molecule has 0 aliphatic heterocycles. The first-order chi connectivity index (χ1) is 12.6. The molecule has 0 saturated carbocycles. The van der Waals surface area contributed by atoms with E-state index in [1.54, 1.807) is 0 Å². The first kappa shape index (κ1) is 17.5. The molecule has 3 aromatic carbocycles. The molecule has 0 saturated heterocycles. The van der Waals surface area contributed by atoms with E-state index in [1.807, 2.05) is 36.4 Å². The second-order valence-electron chi connectivity index (χ2n) is 5.70. The van der Waals surface area contributed by atoms with Crippen molar-refractivity contribution in [2.75, 3.05) is 0 Å². The lowest BCUT2D eigenvalue weighted by Crippen LogP contribution is -2.14. The molecule has 0 radical (unpaired) electrons. The van der Waals surface area contributed by atoms with Crippen LogP contribution in [0.2, 0.25) is 0 Å². The van der Waals surface area contributed by atoms with Crippen LogP contribution in [0, 0.1) is 11.6 Å². The van der Waals surface area contributed by atoms with Gasteiger partial charge < -0.3 is 10.6 Å². The van der Waals surface area contributed by atoms with Crippen LogP contribution in [0.25, 0.3) is 10.8 Å². The summed E-state index contributed by atoms with van der Waals surface area (Å²) in [6.07, 6.45) is 1.84. The molecule has 0 aliphatic carbocycles. The van der Waals surface area contributed by atoms with Crippen LogP contribution in [0.15, 0.2) is 59.8 Å². The molecule has 0 spiro atoms. The van der Waals surface area contributed by atoms with E-state index in [0.717, 1.165) is 28.5 Å². The van der Waals surface area contributed by atoms with Crippen molar-refractivity contribution in [2.45, 2.75) is 13.0 Å². The summed E-state index contributed by atoms with van der Waals surface area (Å²) in [4.78, 5) is 16.9. The summed E-state index contributed by atoms with van der Waals surface area (Å²) in [7, 11) is 0. The fourth-order valence-electron chi connectivity index (χ4n) is 2.71. The fraction of sp³-hybridized carbons (Fsp3) is 0.100. The summed E-state index contributed by atoms with van der Waals surface area (Å²) in [5.74, 6) is -2.35. The normalized spacial score (nSPS) is 11.2. The van der Waals surface area contributed by atoms with Gasteiger partial charge in [0.05, 0.1) is 5.56 Å². The maximum atomic E-state index is 13.1. The zero-order valence-corrected chi connectivity index (χ0v) is 13.8. The zero-order valence-electron chi connectivity index (χ0n) is 13.8. The Kier molecular flexibility index (Phi) is 5.22. The van der Waals surface area contributed by atoms with Crippen LogP contribution in [0.4, 0.5) is 8.78 Å². The smallest absolute Gasteiger partial charge is 0.249 e. The van der Waals surface area contributed by atoms with Crippen molar-refractivity contribution in [3.8, 4) is 0 Å². The van der Waals surface area contributed by atoms with Gasteiger partial charge in [0.1, 0.15) is 6.61 Å². The van der Waals surface area contributed by atoms with Gasteiger partial charge in [0.15, 0.2) is 11.6 Å². The largest absolute Gasteiger partial charge is 0.391 e. The van der Waals surface area contributed by atoms with Crippen molar-refractivity contribution in [1.82, 2.24) is 0 Å². The summed E-state index contributed by atoms with van der Waals surface area (Å²) < 4.78 is 26.0. The lowest BCUT2D eigenvalue weighted by atomic mass is 9.97. The van der Waals surface area contributed by atoms with Crippen LogP contribution in [0.3, 0.4) is 0 Å². The van der Waals surface area contributed by atoms with Gasteiger partial charge >= 0.3 is 0 Å². The molecule has 3 aromatic rings. The molecule has 2 N–H and O–H groups in total. The molecule has 0 aliphatic rings. The summed E-state index contributed by atoms with van der Waals surface area (Å²) in [5.41, 5.74) is 7.18. The van der Waals surface area contributed by atoms with E-state index in [1.165, 1.54) is 12.3 Å². The maximum absolute atomic E-state index is 13.1. The van der Waals surface area contributed by atoms with Crippen LogP contribution in [0.1, 0.15) is 21.5 Å². The average molecular weight is 354 g/mol. The van der Waals surface area contributed by atoms with E-state index in [0.29, 0.717) is 17.5 Å². The monoisotopic (exact) mass is 354 g/mol. The number of fused-ring (bicyclic) bond motifs is 1. The number of amides is 1. The molecular formula is C20H16F2N2O2. The quantitative estimate of drug-likeness (QED) is 0.538. The van der Waals surface area contributed by atoms with E-state index in [9.17, 15) is 13.6 Å². The van der Waals surface area contributed by atoms with Crippen LogP contribution < -0.4 is 5.73 Å². The molecule has 6 heteroatoms. The van der Waals surface area contributed by atoms with Crippen molar-refractivity contribution in [1.29, 1.82) is 0 Å². The summed E-state index contributed by atoms with van der Waals surface area (Å²) in [6, 6.07) is 14.7. The SMILES string of the molecule is NC(=O)c1c(CC=NOCc2ccc(F)c(F)c2)ccc2ccccc12. The second-order valence-corrected chi connectivity index (χ2v) is 5.70. The molecule has 3 rings (SSSR count). The van der Waals surface area contributed by atoms with Gasteiger partial charge in [-0.05, 0) is 34.0 Å². The topological polar surface area (TPSA) is 64.7 Å². The van der Waals surface area contributed by atoms with Crippen LogP contribution in [-0.2, 0) is 17.9 Å². The first-order valence-electron chi connectivity index (χ1n) is 7.94. The minimum absolute atomic E-state index is 0.00803. The van der Waals surface area contributed by atoms with Gasteiger partial charge in [-0.2, -0.15) is 0 Å². The number of hydrogen-bond acceptors (Lipinski definition) is 3. The molecular weight excluding hydrogens is 338 g/mol. The molecule has 0 bridgehead atoms. The van der Waals surface area contributed by atoms with Crippen LogP contribution >= 0.6 is 0 Å². The molecule has 0 atom stereocenters. The maximum Gasteiger partial charge on any atom is 0.249 e. The standard InChI is InChI=1S/C20H16F2N2O2/c21-17-8-5-13(11-18(17)22)12-26-24-10-9-15-7-6-14-3-1-2-4-16(14)19(15)20(23)25/h1-8,10-11H,9,12H2,(H2,23,25). The number of primary amides is 1. The molecule has 0 fully saturated rings. The summed E-state index contributed by atoms with van der Waals surface area (Å²) in [5, 5.41) is 5.51. The van der Waals surface area contributed by atoms with Crippen molar-refractivity contribution in [3.63, 3.8) is 0 Å². The van der Waals surface area contributed by atoms with Gasteiger partial charge in [0.2, 0.25) is 5.91 Å². The first-order valence-corrected chi connectivity index (χ1v) is 7.94. The molecule has 0 aromatic heterocycles. The minimum Gasteiger partial charge on any atom is -0.391 e. The third kappa shape index (κ3) is 3.85. The molecule has 0 heterocycles. The highest BCUT2D eigenvalue weighted by Gasteiger charge is 2.11. The van der Waals surface area contributed by atoms with Crippen molar-refractivity contribution >= 4 is 22.9 Å². The Balaban J connectivity index is 1.69. The number of carbonyl (C=O) groups is 1. The van der Waals surface area contributed by atoms with Crippen LogP contribution in [-0.4, -0.2) is 12.1 Å². The second kappa shape index (κ2) is 7.74. The fourth-order valence-corrected chi connectivity index (χ4v) is 2.71. The third-order valence-corrected chi connectivity index (χ3v) is 3.94. The molecule has 1 amide bonds. The van der Waals surface area contributed by atoms with E-state index >= 15 is 0 Å². The van der Waals surface area contributed by atoms with E-state index in [2.05, 4.69) is 5.16 Å². The van der Waals surface area contributed by atoms with Crippen molar-refractivity contribution in [2.24, 2.45) is 10.9 Å². The van der Waals surface area contributed by atoms with Gasteiger partial charge in [0.25, 0.3) is 0 Å². The predicted octanol–water partition coefficient (Wildman–Crippen LogP) is 3.96. The highest BCUT2D eigenvalue weighted by Crippen LogP contribution is 2.22. The Labute approximate surface area is 148 Å². The number of nitrogens with two attached hydrogens (primary N) is 1. The summed E-state index contributed by atoms with van der Waals surface area (Å²) >= 11 is 0. The Morgan fingerprint density at radius 3 is 2.65 bits per heavy atom. The lowest BCUT2D eigenvalue weighted by Gasteiger charge is -2.08. The van der Waals surface area contributed by atoms with Crippen molar-refractivity contribution < 1.29 is 18.4 Å². The van der Waals surface area contributed by atoms with Crippen molar-refractivity contribution in [3.05, 3.63) is 82.9 Å². The average Bonchev–Trinajstić information content (AvgIpc) is 2.63. The number of rotatable bonds is 6. The van der Waals surface area contributed by atoms with Gasteiger partial charge in [-0.25, -0.2) is 8.78 Å². The predicted molar refractivity (Wildman–Crippen MR) is 95.8 cm³/mol. The molecule has 132 valence electrons. The van der Waals surface area contributed by atoms with E-state index in [-0.39, 0.29) is 6.61 Å². The lowest BCUT2D eigenvalue weighted by molar-refractivity contribution is 0.100. The highest BCUT2D eigenvalue weighted by molar-refractivity contribution is 6.08. The minimum atomic E-state index is -0.933. The Bertz CT molecular complexity index is 987. The molecule has 4 nitrogen and oxygen atoms in total. The van der Waals surface area contributed by atoms with Gasteiger partial charge in [-0.15, -0.1) is 0 Å². The summed E-state index contributed by atoms with van der Waals surface area (Å²) in [6.45, 7) is 0.00803. The number of halogens is 2. The van der Waals surface area contributed by atoms with Crippen LogP contribution in [0.5, 0.6) is 0 Å². The Hall–Kier alpha value is -3.28. The van der Waals surface area contributed by atoms with Gasteiger partial charge in [-0.3, -0.25) is 4.79 Å². The zero-order chi connectivity index (χ0) is 18.5. The van der Waals surface area contributed by atoms with E-state index in [4.69, 9.17) is 10.6 Å². The number of carbonyl (C=O) groups excluding carboxylic acids is 1. The Morgan fingerprint density at radius 2 is 1.88 bits per heavy atom. The molecule has 26 heavy (non-hydrogen) atoms. The number of benzene rings is 3. The van der Waals surface area contributed by atoms with E-state index < -0.39 is 17.5 Å². The van der Waals surface area contributed by atoms with Gasteiger partial charge in [-0.1, -0.05) is 47.6 Å². The number of nitrogens with zero attached hydrogens (tertiary/aromatic N) is 1. The molecule has 0 unspecified atom stereocenters.